The molecule has 1 atom stereocenters. The largest absolute Gasteiger partial charge is 0.480 e. The van der Waals surface area contributed by atoms with Gasteiger partial charge in [-0.2, -0.15) is 0 Å². The van der Waals surface area contributed by atoms with E-state index in [4.69, 9.17) is 5.11 Å². The first-order chi connectivity index (χ1) is 12.5. The van der Waals surface area contributed by atoms with Crippen LogP contribution in [0.5, 0.6) is 0 Å². The summed E-state index contributed by atoms with van der Waals surface area (Å²) in [5.74, 6) is -1.02. The highest BCUT2D eigenvalue weighted by molar-refractivity contribution is 5.83. The third-order valence-electron chi connectivity index (χ3n) is 4.98. The third-order valence-corrected chi connectivity index (χ3v) is 4.98. The van der Waals surface area contributed by atoms with E-state index in [0.29, 0.717) is 6.42 Å². The Morgan fingerprint density at radius 2 is 1.31 bits per heavy atom. The van der Waals surface area contributed by atoms with E-state index in [2.05, 4.69) is 19.1 Å². The van der Waals surface area contributed by atoms with Gasteiger partial charge in [0.05, 0.1) is 0 Å². The van der Waals surface area contributed by atoms with E-state index in [1.165, 1.54) is 75.5 Å². The molecule has 0 aromatic rings. The van der Waals surface area contributed by atoms with Gasteiger partial charge in [-0.1, -0.05) is 70.4 Å². The topological polar surface area (TPSA) is 57.6 Å². The second-order valence-corrected chi connectivity index (χ2v) is 7.35. The zero-order chi connectivity index (χ0) is 19.6. The smallest absolute Gasteiger partial charge is 0.326 e. The molecule has 0 saturated carbocycles. The molecule has 0 fully saturated rings. The number of carboxylic acids is 1. The SMILES string of the molecule is CCCCCC/C=C\CCCCCCCCCC(=O)N(C)C(C)C(=O)O. The summed E-state index contributed by atoms with van der Waals surface area (Å²) in [5, 5.41) is 8.91. The van der Waals surface area contributed by atoms with Gasteiger partial charge in [0, 0.05) is 13.5 Å². The van der Waals surface area contributed by atoms with Gasteiger partial charge in [0.25, 0.3) is 0 Å². The van der Waals surface area contributed by atoms with E-state index in [-0.39, 0.29) is 5.91 Å². The maximum atomic E-state index is 11.9. The summed E-state index contributed by atoms with van der Waals surface area (Å²) in [4.78, 5) is 24.1. The van der Waals surface area contributed by atoms with E-state index < -0.39 is 12.0 Å². The van der Waals surface area contributed by atoms with Crippen LogP contribution in [0.1, 0.15) is 104 Å². The molecule has 1 amide bonds. The van der Waals surface area contributed by atoms with Gasteiger partial charge >= 0.3 is 5.97 Å². The van der Waals surface area contributed by atoms with Crippen LogP contribution in [-0.2, 0) is 9.59 Å². The predicted molar refractivity (Wildman–Crippen MR) is 109 cm³/mol. The first kappa shape index (κ1) is 24.7. The van der Waals surface area contributed by atoms with E-state index in [9.17, 15) is 9.59 Å². The van der Waals surface area contributed by atoms with Crippen molar-refractivity contribution in [3.63, 3.8) is 0 Å². The summed E-state index contributed by atoms with van der Waals surface area (Å²) in [6, 6.07) is -0.743. The number of carbonyl (C=O) groups is 2. The quantitative estimate of drug-likeness (QED) is 0.255. The lowest BCUT2D eigenvalue weighted by Crippen LogP contribution is -2.40. The summed E-state index contributed by atoms with van der Waals surface area (Å²) in [6.07, 6.45) is 21.1. The molecular weight excluding hydrogens is 326 g/mol. The van der Waals surface area contributed by atoms with Gasteiger partial charge in [0.1, 0.15) is 6.04 Å². The molecule has 0 aliphatic carbocycles. The van der Waals surface area contributed by atoms with Crippen LogP contribution in [-0.4, -0.2) is 35.0 Å². The Morgan fingerprint density at radius 3 is 1.81 bits per heavy atom. The Morgan fingerprint density at radius 1 is 0.846 bits per heavy atom. The van der Waals surface area contributed by atoms with Gasteiger partial charge in [-0.3, -0.25) is 4.79 Å². The first-order valence-corrected chi connectivity index (χ1v) is 10.6. The lowest BCUT2D eigenvalue weighted by Gasteiger charge is -2.21. The van der Waals surface area contributed by atoms with Crippen molar-refractivity contribution in [2.45, 2.75) is 110 Å². The molecule has 0 aromatic heterocycles. The molecule has 1 unspecified atom stereocenters. The fraction of sp³-hybridized carbons (Fsp3) is 0.818. The van der Waals surface area contributed by atoms with Crippen LogP contribution in [0.15, 0.2) is 12.2 Å². The van der Waals surface area contributed by atoms with E-state index in [0.717, 1.165) is 12.8 Å². The van der Waals surface area contributed by atoms with Crippen molar-refractivity contribution in [1.82, 2.24) is 4.90 Å². The Balaban J connectivity index is 3.40. The van der Waals surface area contributed by atoms with Gasteiger partial charge in [-0.25, -0.2) is 4.79 Å². The lowest BCUT2D eigenvalue weighted by molar-refractivity contribution is -0.148. The molecule has 0 saturated heterocycles. The molecule has 0 aromatic carbocycles. The minimum absolute atomic E-state index is 0.0682. The molecule has 152 valence electrons. The molecule has 0 heterocycles. The maximum absolute atomic E-state index is 11.9. The van der Waals surface area contributed by atoms with Crippen LogP contribution in [0.3, 0.4) is 0 Å². The van der Waals surface area contributed by atoms with E-state index >= 15 is 0 Å². The molecule has 4 nitrogen and oxygen atoms in total. The highest BCUT2D eigenvalue weighted by atomic mass is 16.4. The van der Waals surface area contributed by atoms with Crippen molar-refractivity contribution >= 4 is 11.9 Å². The van der Waals surface area contributed by atoms with Crippen LogP contribution < -0.4 is 0 Å². The van der Waals surface area contributed by atoms with Crippen LogP contribution in [0.2, 0.25) is 0 Å². The Labute approximate surface area is 161 Å². The zero-order valence-electron chi connectivity index (χ0n) is 17.3. The van der Waals surface area contributed by atoms with Gasteiger partial charge in [0.15, 0.2) is 0 Å². The van der Waals surface area contributed by atoms with Crippen LogP contribution in [0.25, 0.3) is 0 Å². The Kier molecular flexibility index (Phi) is 16.2. The fourth-order valence-corrected chi connectivity index (χ4v) is 2.90. The van der Waals surface area contributed by atoms with Gasteiger partial charge in [-0.05, 0) is 39.0 Å². The number of hydrogen-bond donors (Lipinski definition) is 1. The van der Waals surface area contributed by atoms with Gasteiger partial charge in [0.2, 0.25) is 5.91 Å². The van der Waals surface area contributed by atoms with Gasteiger partial charge < -0.3 is 10.0 Å². The number of hydrogen-bond acceptors (Lipinski definition) is 2. The number of nitrogens with zero attached hydrogens (tertiary/aromatic N) is 1. The van der Waals surface area contributed by atoms with Crippen molar-refractivity contribution in [1.29, 1.82) is 0 Å². The van der Waals surface area contributed by atoms with Crippen molar-refractivity contribution < 1.29 is 14.7 Å². The minimum Gasteiger partial charge on any atom is -0.480 e. The molecule has 0 spiro atoms. The van der Waals surface area contributed by atoms with E-state index in [1.54, 1.807) is 14.0 Å². The second kappa shape index (κ2) is 17.1. The predicted octanol–water partition coefficient (Wildman–Crippen LogP) is 5.96. The highest BCUT2D eigenvalue weighted by Crippen LogP contribution is 2.11. The molecule has 0 rings (SSSR count). The van der Waals surface area contributed by atoms with Crippen molar-refractivity contribution in [3.05, 3.63) is 12.2 Å². The number of rotatable bonds is 17. The Hall–Kier alpha value is -1.32. The molecule has 1 N–H and O–H groups in total. The average molecular weight is 368 g/mol. The maximum Gasteiger partial charge on any atom is 0.326 e. The fourth-order valence-electron chi connectivity index (χ4n) is 2.90. The summed E-state index contributed by atoms with van der Waals surface area (Å²) < 4.78 is 0. The molecular formula is C22H41NO3. The molecule has 0 radical (unpaired) electrons. The first-order valence-electron chi connectivity index (χ1n) is 10.6. The van der Waals surface area contributed by atoms with E-state index in [1.807, 2.05) is 0 Å². The molecule has 4 heteroatoms. The van der Waals surface area contributed by atoms with Crippen molar-refractivity contribution in [3.8, 4) is 0 Å². The summed E-state index contributed by atoms with van der Waals surface area (Å²) in [6.45, 7) is 3.79. The minimum atomic E-state index is -0.952. The molecule has 0 aliphatic rings. The molecule has 0 bridgehead atoms. The second-order valence-electron chi connectivity index (χ2n) is 7.35. The zero-order valence-corrected chi connectivity index (χ0v) is 17.3. The number of carbonyl (C=O) groups excluding carboxylic acids is 1. The number of aliphatic carboxylic acids is 1. The van der Waals surface area contributed by atoms with Crippen LogP contribution in [0, 0.1) is 0 Å². The summed E-state index contributed by atoms with van der Waals surface area (Å²) in [5.41, 5.74) is 0. The Bertz CT molecular complexity index is 393. The standard InChI is InChI=1S/C22H41NO3/c1-4-5-6-7-8-9-10-11-12-13-14-15-16-17-18-19-21(24)23(3)20(2)22(25)26/h9-10,20H,4-8,11-19H2,1-3H3,(H,25,26)/b10-9-. The number of amides is 1. The normalized spacial score (nSPS) is 12.4. The number of carboxylic acid groups (broad SMARTS) is 1. The van der Waals surface area contributed by atoms with Gasteiger partial charge in [-0.15, -0.1) is 0 Å². The lowest BCUT2D eigenvalue weighted by atomic mass is 10.1. The average Bonchev–Trinajstić information content (AvgIpc) is 2.63. The van der Waals surface area contributed by atoms with Crippen LogP contribution >= 0.6 is 0 Å². The summed E-state index contributed by atoms with van der Waals surface area (Å²) in [7, 11) is 1.57. The van der Waals surface area contributed by atoms with Crippen molar-refractivity contribution in [2.75, 3.05) is 7.05 Å². The van der Waals surface area contributed by atoms with Crippen molar-refractivity contribution in [2.24, 2.45) is 0 Å². The highest BCUT2D eigenvalue weighted by Gasteiger charge is 2.20. The monoisotopic (exact) mass is 367 g/mol. The number of likely N-dealkylation sites (N-methyl/N-ethyl adjacent to an activating group) is 1. The summed E-state index contributed by atoms with van der Waals surface area (Å²) >= 11 is 0. The number of allylic oxidation sites excluding steroid dienone is 2. The number of unbranched alkanes of at least 4 members (excludes halogenated alkanes) is 11. The van der Waals surface area contributed by atoms with Crippen LogP contribution in [0.4, 0.5) is 0 Å². The molecule has 26 heavy (non-hydrogen) atoms. The third kappa shape index (κ3) is 13.9. The molecule has 0 aliphatic heterocycles.